The fourth-order valence-electron chi connectivity index (χ4n) is 2.70. The molecular formula is C18H14F2N2O4. The topological polar surface area (TPSA) is 91.6 Å². The number of aromatic nitrogens is 1. The molecule has 26 heavy (non-hydrogen) atoms. The van der Waals surface area contributed by atoms with Gasteiger partial charge in [0.15, 0.2) is 5.82 Å². The Morgan fingerprint density at radius 3 is 2.50 bits per heavy atom. The quantitative estimate of drug-likeness (QED) is 0.650. The average Bonchev–Trinajstić information content (AvgIpc) is 2.63. The third kappa shape index (κ3) is 2.91. The smallest absolute Gasteiger partial charge is 0.341 e. The van der Waals surface area contributed by atoms with Gasteiger partial charge in [-0.05, 0) is 18.2 Å². The predicted molar refractivity (Wildman–Crippen MR) is 92.0 cm³/mol. The number of rotatable bonds is 5. The summed E-state index contributed by atoms with van der Waals surface area (Å²) < 4.78 is 30.5. The molecule has 3 N–H and O–H groups in total. The molecule has 2 aromatic carbocycles. The van der Waals surface area contributed by atoms with Crippen LogP contribution in [0.4, 0.5) is 14.5 Å². The molecule has 0 saturated heterocycles. The predicted octanol–water partition coefficient (Wildman–Crippen LogP) is 2.37. The van der Waals surface area contributed by atoms with Gasteiger partial charge in [-0.3, -0.25) is 4.79 Å². The van der Waals surface area contributed by atoms with E-state index in [0.717, 1.165) is 12.3 Å². The molecule has 0 unspecified atom stereocenters. The van der Waals surface area contributed by atoms with Crippen LogP contribution in [-0.2, 0) is 0 Å². The van der Waals surface area contributed by atoms with Gasteiger partial charge >= 0.3 is 5.97 Å². The molecule has 0 fully saturated rings. The van der Waals surface area contributed by atoms with Gasteiger partial charge in [0.05, 0.1) is 17.5 Å². The largest absolute Gasteiger partial charge is 0.477 e. The number of hydrogen-bond donors (Lipinski definition) is 3. The van der Waals surface area contributed by atoms with Crippen molar-refractivity contribution in [2.75, 3.05) is 18.5 Å². The van der Waals surface area contributed by atoms with Crippen LogP contribution in [0.15, 0.2) is 47.4 Å². The molecule has 8 heteroatoms. The number of carboxylic acids is 1. The summed E-state index contributed by atoms with van der Waals surface area (Å²) in [5.41, 5.74) is -1.94. The van der Waals surface area contributed by atoms with Crippen molar-refractivity contribution >= 4 is 22.6 Å². The van der Waals surface area contributed by atoms with Crippen LogP contribution in [0, 0.1) is 11.6 Å². The van der Waals surface area contributed by atoms with E-state index in [2.05, 4.69) is 5.32 Å². The van der Waals surface area contributed by atoms with Crippen molar-refractivity contribution in [3.63, 3.8) is 0 Å². The number of anilines is 1. The molecule has 0 atom stereocenters. The van der Waals surface area contributed by atoms with Crippen LogP contribution in [0.5, 0.6) is 0 Å². The van der Waals surface area contributed by atoms with Gasteiger partial charge in [-0.25, -0.2) is 13.6 Å². The molecule has 6 nitrogen and oxygen atoms in total. The molecule has 0 spiro atoms. The SMILES string of the molecule is O=C(O)c1cn(-c2ccccc2)c2c(F)c(NCCO)c(F)cc2c1=O. The molecule has 3 aromatic rings. The van der Waals surface area contributed by atoms with E-state index in [4.69, 9.17) is 5.11 Å². The highest BCUT2D eigenvalue weighted by Gasteiger charge is 2.22. The lowest BCUT2D eigenvalue weighted by atomic mass is 10.1. The third-order valence-corrected chi connectivity index (χ3v) is 3.86. The second-order valence-electron chi connectivity index (χ2n) is 5.48. The zero-order chi connectivity index (χ0) is 18.8. The number of carbonyl (C=O) groups is 1. The first-order chi connectivity index (χ1) is 12.5. The molecule has 134 valence electrons. The van der Waals surface area contributed by atoms with Crippen molar-refractivity contribution in [3.8, 4) is 5.69 Å². The lowest BCUT2D eigenvalue weighted by Gasteiger charge is -2.16. The summed E-state index contributed by atoms with van der Waals surface area (Å²) in [4.78, 5) is 23.8. The number of nitrogens with zero attached hydrogens (tertiary/aromatic N) is 1. The molecule has 0 aliphatic rings. The van der Waals surface area contributed by atoms with Gasteiger partial charge in [0, 0.05) is 18.4 Å². The Bertz CT molecular complexity index is 1050. The Hall–Kier alpha value is -3.26. The van der Waals surface area contributed by atoms with Crippen molar-refractivity contribution in [1.82, 2.24) is 4.57 Å². The Morgan fingerprint density at radius 1 is 1.19 bits per heavy atom. The summed E-state index contributed by atoms with van der Waals surface area (Å²) in [5.74, 6) is -3.60. The second kappa shape index (κ2) is 6.93. The van der Waals surface area contributed by atoms with Crippen LogP contribution in [0.2, 0.25) is 0 Å². The first kappa shape index (κ1) is 17.6. The standard InChI is InChI=1S/C18H14F2N2O4/c19-13-8-11-16(14(20)15(13)21-6-7-23)22(10-4-2-1-3-5-10)9-12(17(11)24)18(25)26/h1-5,8-9,21,23H,6-7H2,(H,25,26). The Labute approximate surface area is 145 Å². The molecule has 0 amide bonds. The van der Waals surface area contributed by atoms with E-state index >= 15 is 4.39 Å². The second-order valence-corrected chi connectivity index (χ2v) is 5.48. The van der Waals surface area contributed by atoms with E-state index in [-0.39, 0.29) is 18.7 Å². The highest BCUT2D eigenvalue weighted by molar-refractivity contribution is 5.94. The van der Waals surface area contributed by atoms with Gasteiger partial charge in [0.1, 0.15) is 17.1 Å². The van der Waals surface area contributed by atoms with Crippen molar-refractivity contribution in [1.29, 1.82) is 0 Å². The fourth-order valence-corrected chi connectivity index (χ4v) is 2.70. The van der Waals surface area contributed by atoms with Gasteiger partial charge in [-0.2, -0.15) is 0 Å². The first-order valence-electron chi connectivity index (χ1n) is 7.66. The Morgan fingerprint density at radius 2 is 1.88 bits per heavy atom. The van der Waals surface area contributed by atoms with Crippen LogP contribution >= 0.6 is 0 Å². The van der Waals surface area contributed by atoms with E-state index in [1.165, 1.54) is 4.57 Å². The fraction of sp³-hybridized carbons (Fsp3) is 0.111. The number of para-hydroxylation sites is 1. The number of nitrogens with one attached hydrogen (secondary N) is 1. The number of halogens is 2. The lowest BCUT2D eigenvalue weighted by Crippen LogP contribution is -2.20. The van der Waals surface area contributed by atoms with Crippen molar-refractivity contribution < 1.29 is 23.8 Å². The van der Waals surface area contributed by atoms with Gasteiger partial charge in [-0.15, -0.1) is 0 Å². The maximum absolute atomic E-state index is 15.0. The maximum atomic E-state index is 15.0. The summed E-state index contributed by atoms with van der Waals surface area (Å²) in [6, 6.07) is 9.03. The summed E-state index contributed by atoms with van der Waals surface area (Å²) >= 11 is 0. The minimum atomic E-state index is -1.50. The minimum Gasteiger partial charge on any atom is -0.477 e. The van der Waals surface area contributed by atoms with Crippen molar-refractivity contribution in [2.45, 2.75) is 0 Å². The van der Waals surface area contributed by atoms with E-state index in [1.807, 2.05) is 0 Å². The van der Waals surface area contributed by atoms with Crippen LogP contribution in [0.1, 0.15) is 10.4 Å². The van der Waals surface area contributed by atoms with E-state index in [9.17, 15) is 19.1 Å². The van der Waals surface area contributed by atoms with Crippen molar-refractivity contribution in [2.24, 2.45) is 0 Å². The first-order valence-corrected chi connectivity index (χ1v) is 7.66. The molecule has 3 rings (SSSR count). The number of aliphatic hydroxyl groups excluding tert-OH is 1. The lowest BCUT2D eigenvalue weighted by molar-refractivity contribution is 0.0695. The van der Waals surface area contributed by atoms with E-state index < -0.39 is 39.7 Å². The van der Waals surface area contributed by atoms with Crippen LogP contribution in [0.3, 0.4) is 0 Å². The van der Waals surface area contributed by atoms with Crippen molar-refractivity contribution in [3.05, 3.63) is 70.0 Å². The highest BCUT2D eigenvalue weighted by Crippen LogP contribution is 2.28. The van der Waals surface area contributed by atoms with Gasteiger partial charge in [0.25, 0.3) is 0 Å². The van der Waals surface area contributed by atoms with Crippen LogP contribution < -0.4 is 10.7 Å². The summed E-state index contributed by atoms with van der Waals surface area (Å²) in [6.07, 6.45) is 1.01. The molecule has 0 aliphatic heterocycles. The van der Waals surface area contributed by atoms with Gasteiger partial charge in [0.2, 0.25) is 5.43 Å². The Balaban J connectivity index is 2.45. The minimum absolute atomic E-state index is 0.0951. The monoisotopic (exact) mass is 360 g/mol. The number of aromatic carboxylic acids is 1. The maximum Gasteiger partial charge on any atom is 0.341 e. The number of hydrogen-bond acceptors (Lipinski definition) is 4. The van der Waals surface area contributed by atoms with Crippen LogP contribution in [-0.4, -0.2) is 33.9 Å². The number of pyridine rings is 1. The third-order valence-electron chi connectivity index (χ3n) is 3.86. The van der Waals surface area contributed by atoms with Crippen LogP contribution in [0.25, 0.3) is 16.6 Å². The summed E-state index contributed by atoms with van der Waals surface area (Å²) in [7, 11) is 0. The molecule has 0 radical (unpaired) electrons. The highest BCUT2D eigenvalue weighted by atomic mass is 19.1. The van der Waals surface area contributed by atoms with Gasteiger partial charge in [-0.1, -0.05) is 18.2 Å². The number of aliphatic hydroxyl groups is 1. The Kier molecular flexibility index (Phi) is 4.68. The molecule has 0 aliphatic carbocycles. The van der Waals surface area contributed by atoms with Gasteiger partial charge < -0.3 is 20.1 Å². The molecule has 1 heterocycles. The number of fused-ring (bicyclic) bond motifs is 1. The molecular weight excluding hydrogens is 346 g/mol. The van der Waals surface area contributed by atoms with E-state index in [0.29, 0.717) is 5.69 Å². The number of benzene rings is 2. The normalized spacial score (nSPS) is 10.9. The zero-order valence-corrected chi connectivity index (χ0v) is 13.4. The summed E-state index contributed by atoms with van der Waals surface area (Å²) in [6.45, 7) is -0.442. The summed E-state index contributed by atoms with van der Waals surface area (Å²) in [5, 5.41) is 20.2. The molecule has 0 saturated carbocycles. The number of carboxylic acid groups (broad SMARTS) is 1. The zero-order valence-electron chi connectivity index (χ0n) is 13.4. The van der Waals surface area contributed by atoms with E-state index in [1.54, 1.807) is 30.3 Å². The average molecular weight is 360 g/mol. The molecule has 1 aromatic heterocycles. The molecule has 0 bridgehead atoms.